The molecular weight excluding hydrogens is 360 g/mol. The first kappa shape index (κ1) is 21.0. The van der Waals surface area contributed by atoms with Crippen molar-refractivity contribution >= 4 is 18.0 Å². The highest BCUT2D eigenvalue weighted by Crippen LogP contribution is 2.03. The van der Waals surface area contributed by atoms with E-state index < -0.39 is 30.1 Å². The Morgan fingerprint density at radius 2 is 1.25 bits per heavy atom. The molecule has 0 fully saturated rings. The molecule has 28 heavy (non-hydrogen) atoms. The van der Waals surface area contributed by atoms with E-state index in [-0.39, 0.29) is 13.2 Å². The molecule has 2 N–H and O–H groups in total. The number of nitrogens with one attached hydrogen (secondary N) is 2. The number of amides is 2. The molecular formula is C21H24N2O5. The van der Waals surface area contributed by atoms with Crippen LogP contribution in [0.2, 0.25) is 0 Å². The van der Waals surface area contributed by atoms with Crippen LogP contribution in [-0.2, 0) is 32.3 Å². The fourth-order valence-electron chi connectivity index (χ4n) is 2.26. The number of alkyl carbamates (subject to hydrolysis) is 1. The Hall–Kier alpha value is -3.35. The Morgan fingerprint density at radius 1 is 0.750 bits per heavy atom. The zero-order chi connectivity index (χ0) is 20.4. The molecule has 0 saturated carbocycles. The zero-order valence-electron chi connectivity index (χ0n) is 15.9. The van der Waals surface area contributed by atoms with E-state index in [2.05, 4.69) is 10.6 Å². The summed E-state index contributed by atoms with van der Waals surface area (Å²) in [5, 5.41) is 4.94. The number of rotatable bonds is 8. The van der Waals surface area contributed by atoms with Crippen LogP contribution in [0.5, 0.6) is 0 Å². The van der Waals surface area contributed by atoms with E-state index in [1.165, 1.54) is 13.8 Å². The summed E-state index contributed by atoms with van der Waals surface area (Å²) >= 11 is 0. The van der Waals surface area contributed by atoms with Crippen molar-refractivity contribution in [3.8, 4) is 0 Å². The molecule has 2 atom stereocenters. The van der Waals surface area contributed by atoms with Gasteiger partial charge >= 0.3 is 12.1 Å². The number of hydrogen-bond acceptors (Lipinski definition) is 5. The minimum atomic E-state index is -0.868. The molecule has 0 aliphatic rings. The van der Waals surface area contributed by atoms with Crippen LogP contribution in [0.15, 0.2) is 60.7 Å². The van der Waals surface area contributed by atoms with E-state index in [1.807, 2.05) is 60.7 Å². The third kappa shape index (κ3) is 7.11. The van der Waals surface area contributed by atoms with Crippen molar-refractivity contribution in [2.75, 3.05) is 0 Å². The van der Waals surface area contributed by atoms with Crippen molar-refractivity contribution in [3.05, 3.63) is 71.8 Å². The van der Waals surface area contributed by atoms with Crippen molar-refractivity contribution in [1.82, 2.24) is 10.6 Å². The highest BCUT2D eigenvalue weighted by atomic mass is 16.5. The van der Waals surface area contributed by atoms with Gasteiger partial charge in [0.05, 0.1) is 0 Å². The summed E-state index contributed by atoms with van der Waals surface area (Å²) < 4.78 is 10.2. The summed E-state index contributed by atoms with van der Waals surface area (Å²) in [6.07, 6.45) is -0.717. The van der Waals surface area contributed by atoms with Gasteiger partial charge in [-0.2, -0.15) is 0 Å². The topological polar surface area (TPSA) is 93.7 Å². The van der Waals surface area contributed by atoms with E-state index in [4.69, 9.17) is 9.47 Å². The fourth-order valence-corrected chi connectivity index (χ4v) is 2.26. The Bertz CT molecular complexity index is 780. The molecule has 0 spiro atoms. The summed E-state index contributed by atoms with van der Waals surface area (Å²) in [4.78, 5) is 36.0. The number of hydrogen-bond donors (Lipinski definition) is 2. The average molecular weight is 384 g/mol. The van der Waals surface area contributed by atoms with Crippen molar-refractivity contribution in [2.45, 2.75) is 39.1 Å². The van der Waals surface area contributed by atoms with Crippen molar-refractivity contribution < 1.29 is 23.9 Å². The second kappa shape index (κ2) is 10.7. The van der Waals surface area contributed by atoms with Crippen LogP contribution in [0.4, 0.5) is 4.79 Å². The molecule has 0 bridgehead atoms. The van der Waals surface area contributed by atoms with Gasteiger partial charge in [0.25, 0.3) is 0 Å². The van der Waals surface area contributed by atoms with Gasteiger partial charge in [-0.3, -0.25) is 4.79 Å². The first-order valence-electron chi connectivity index (χ1n) is 8.94. The lowest BCUT2D eigenvalue weighted by molar-refractivity contribution is -0.148. The van der Waals surface area contributed by atoms with Gasteiger partial charge in [-0.15, -0.1) is 0 Å². The molecule has 148 valence electrons. The summed E-state index contributed by atoms with van der Waals surface area (Å²) in [7, 11) is 0. The van der Waals surface area contributed by atoms with Gasteiger partial charge in [-0.05, 0) is 25.0 Å². The molecule has 0 saturated heterocycles. The molecule has 2 rings (SSSR count). The molecule has 2 aromatic carbocycles. The predicted molar refractivity (Wildman–Crippen MR) is 103 cm³/mol. The van der Waals surface area contributed by atoms with Crippen LogP contribution in [0.25, 0.3) is 0 Å². The zero-order valence-corrected chi connectivity index (χ0v) is 15.9. The van der Waals surface area contributed by atoms with Crippen LogP contribution in [-0.4, -0.2) is 30.1 Å². The Kier molecular flexibility index (Phi) is 8.02. The molecule has 0 aromatic heterocycles. The summed E-state index contributed by atoms with van der Waals surface area (Å²) in [5.74, 6) is -1.07. The summed E-state index contributed by atoms with van der Waals surface area (Å²) in [6, 6.07) is 16.7. The smallest absolute Gasteiger partial charge is 0.408 e. The Labute approximate surface area is 164 Å². The van der Waals surface area contributed by atoms with Gasteiger partial charge in [0.2, 0.25) is 5.91 Å². The number of benzene rings is 2. The quantitative estimate of drug-likeness (QED) is 0.682. The van der Waals surface area contributed by atoms with E-state index in [9.17, 15) is 14.4 Å². The van der Waals surface area contributed by atoms with Crippen LogP contribution < -0.4 is 10.6 Å². The number of carbonyl (C=O) groups is 3. The lowest BCUT2D eigenvalue weighted by atomic mass is 10.2. The average Bonchev–Trinajstić information content (AvgIpc) is 2.71. The first-order chi connectivity index (χ1) is 13.5. The van der Waals surface area contributed by atoms with Crippen LogP contribution in [0, 0.1) is 0 Å². The molecule has 0 heterocycles. The van der Waals surface area contributed by atoms with Gasteiger partial charge < -0.3 is 20.1 Å². The molecule has 0 unspecified atom stereocenters. The first-order valence-corrected chi connectivity index (χ1v) is 8.94. The summed E-state index contributed by atoms with van der Waals surface area (Å²) in [6.45, 7) is 3.25. The number of ether oxygens (including phenoxy) is 2. The van der Waals surface area contributed by atoms with Gasteiger partial charge in [-0.1, -0.05) is 60.7 Å². The van der Waals surface area contributed by atoms with Crippen molar-refractivity contribution in [2.24, 2.45) is 0 Å². The van der Waals surface area contributed by atoms with Gasteiger partial charge in [0.15, 0.2) is 0 Å². The van der Waals surface area contributed by atoms with E-state index >= 15 is 0 Å². The van der Waals surface area contributed by atoms with Gasteiger partial charge in [0, 0.05) is 0 Å². The van der Waals surface area contributed by atoms with Crippen LogP contribution >= 0.6 is 0 Å². The SMILES string of the molecule is C[C@H](NC(=O)[C@@H](C)NC(=O)OCc1ccccc1)C(=O)OCc1ccccc1. The number of esters is 1. The maximum absolute atomic E-state index is 12.2. The normalized spacial score (nSPS) is 12.4. The monoisotopic (exact) mass is 384 g/mol. The van der Waals surface area contributed by atoms with E-state index in [0.717, 1.165) is 11.1 Å². The van der Waals surface area contributed by atoms with Crippen LogP contribution in [0.3, 0.4) is 0 Å². The minimum Gasteiger partial charge on any atom is -0.459 e. The van der Waals surface area contributed by atoms with Crippen molar-refractivity contribution in [1.29, 1.82) is 0 Å². The molecule has 2 amide bonds. The standard InChI is InChI=1S/C21H24N2O5/c1-15(23-21(26)28-14-18-11-7-4-8-12-18)19(24)22-16(2)20(25)27-13-17-9-5-3-6-10-17/h3-12,15-16H,13-14H2,1-2H3,(H,22,24)(H,23,26)/t15-,16+/m1/s1. The van der Waals surface area contributed by atoms with Gasteiger partial charge in [-0.25, -0.2) is 9.59 Å². The molecule has 7 heteroatoms. The minimum absolute atomic E-state index is 0.100. The largest absolute Gasteiger partial charge is 0.459 e. The third-order valence-electron chi connectivity index (χ3n) is 3.88. The maximum Gasteiger partial charge on any atom is 0.408 e. The summed E-state index contributed by atoms with van der Waals surface area (Å²) in [5.41, 5.74) is 1.69. The van der Waals surface area contributed by atoms with E-state index in [0.29, 0.717) is 0 Å². The predicted octanol–water partition coefficient (Wildman–Crippen LogP) is 2.55. The molecule has 0 aliphatic carbocycles. The molecule has 0 aliphatic heterocycles. The third-order valence-corrected chi connectivity index (χ3v) is 3.88. The Morgan fingerprint density at radius 3 is 1.79 bits per heavy atom. The molecule has 2 aromatic rings. The van der Waals surface area contributed by atoms with Gasteiger partial charge in [0.1, 0.15) is 25.3 Å². The highest BCUT2D eigenvalue weighted by molar-refractivity contribution is 5.89. The fraction of sp³-hybridized carbons (Fsp3) is 0.286. The second-order valence-corrected chi connectivity index (χ2v) is 6.25. The molecule has 0 radical (unpaired) electrons. The second-order valence-electron chi connectivity index (χ2n) is 6.25. The lowest BCUT2D eigenvalue weighted by Crippen LogP contribution is -2.49. The lowest BCUT2D eigenvalue weighted by Gasteiger charge is -2.17. The molecule has 7 nitrogen and oxygen atoms in total. The maximum atomic E-state index is 12.2. The van der Waals surface area contributed by atoms with Crippen LogP contribution in [0.1, 0.15) is 25.0 Å². The highest BCUT2D eigenvalue weighted by Gasteiger charge is 2.22. The number of carbonyl (C=O) groups excluding carboxylic acids is 3. The van der Waals surface area contributed by atoms with E-state index in [1.54, 1.807) is 0 Å². The van der Waals surface area contributed by atoms with Crippen molar-refractivity contribution in [3.63, 3.8) is 0 Å². The Balaban J connectivity index is 1.71.